The van der Waals surface area contributed by atoms with Gasteiger partial charge >= 0.3 is 5.97 Å². The van der Waals surface area contributed by atoms with Crippen LogP contribution in [-0.4, -0.2) is 28.6 Å². The summed E-state index contributed by atoms with van der Waals surface area (Å²) in [5.74, 6) is -1.20. The molecule has 1 atom stereocenters. The van der Waals surface area contributed by atoms with E-state index < -0.39 is 12.0 Å². The van der Waals surface area contributed by atoms with Crippen LogP contribution in [0.25, 0.3) is 0 Å². The van der Waals surface area contributed by atoms with Crippen molar-refractivity contribution in [3.8, 4) is 0 Å². The molecule has 0 spiro atoms. The Morgan fingerprint density at radius 2 is 2.22 bits per heavy atom. The Hall–Kier alpha value is -1.13. The molecule has 1 unspecified atom stereocenters. The van der Waals surface area contributed by atoms with E-state index in [2.05, 4.69) is 0 Å². The lowest BCUT2D eigenvalue weighted by atomic mass is 10.0. The van der Waals surface area contributed by atoms with E-state index in [1.165, 1.54) is 12.1 Å². The molecule has 0 aliphatic carbocycles. The normalized spacial score (nSPS) is 20.9. The summed E-state index contributed by atoms with van der Waals surface area (Å²) in [7, 11) is 0. The minimum absolute atomic E-state index is 0.342. The van der Waals surface area contributed by atoms with Crippen molar-refractivity contribution >= 4 is 17.6 Å². The predicted molar refractivity (Wildman–Crippen MR) is 67.1 cm³/mol. The third-order valence-corrected chi connectivity index (χ3v) is 3.42. The van der Waals surface area contributed by atoms with Crippen molar-refractivity contribution in [2.75, 3.05) is 6.54 Å². The maximum atomic E-state index is 13.2. The van der Waals surface area contributed by atoms with Crippen molar-refractivity contribution in [1.82, 2.24) is 4.90 Å². The lowest BCUT2D eigenvalue weighted by molar-refractivity contribution is -0.144. The van der Waals surface area contributed by atoms with E-state index in [4.69, 9.17) is 16.7 Å². The van der Waals surface area contributed by atoms with E-state index in [-0.39, 0.29) is 5.82 Å². The molecule has 1 saturated heterocycles. The molecule has 2 rings (SSSR count). The first-order valence-electron chi connectivity index (χ1n) is 5.98. The van der Waals surface area contributed by atoms with Gasteiger partial charge < -0.3 is 5.11 Å². The molecule has 1 heterocycles. The van der Waals surface area contributed by atoms with Crippen LogP contribution in [0.4, 0.5) is 4.39 Å². The first-order chi connectivity index (χ1) is 8.56. The van der Waals surface area contributed by atoms with Gasteiger partial charge in [0.15, 0.2) is 0 Å². The summed E-state index contributed by atoms with van der Waals surface area (Å²) in [5, 5.41) is 9.50. The van der Waals surface area contributed by atoms with Crippen molar-refractivity contribution in [1.29, 1.82) is 0 Å². The third-order valence-electron chi connectivity index (χ3n) is 3.21. The molecular weight excluding hydrogens is 257 g/mol. The van der Waals surface area contributed by atoms with E-state index in [0.29, 0.717) is 23.6 Å². The smallest absolute Gasteiger partial charge is 0.320 e. The predicted octanol–water partition coefficient (Wildman–Crippen LogP) is 2.92. The highest BCUT2D eigenvalue weighted by Crippen LogP contribution is 2.22. The number of hydrogen-bond acceptors (Lipinski definition) is 2. The molecule has 1 aliphatic rings. The Balaban J connectivity index is 2.13. The molecule has 0 bridgehead atoms. The third kappa shape index (κ3) is 3.21. The van der Waals surface area contributed by atoms with Crippen molar-refractivity contribution in [3.05, 3.63) is 34.6 Å². The highest BCUT2D eigenvalue weighted by molar-refractivity contribution is 6.30. The number of benzene rings is 1. The molecule has 1 N–H and O–H groups in total. The first kappa shape index (κ1) is 13.3. The quantitative estimate of drug-likeness (QED) is 0.919. The second-order valence-corrected chi connectivity index (χ2v) is 5.03. The summed E-state index contributed by atoms with van der Waals surface area (Å²) >= 11 is 5.79. The molecule has 1 aliphatic heterocycles. The summed E-state index contributed by atoms with van der Waals surface area (Å²) in [4.78, 5) is 13.0. The minimum atomic E-state index is -0.808. The summed E-state index contributed by atoms with van der Waals surface area (Å²) in [6.45, 7) is 1.15. The summed E-state index contributed by atoms with van der Waals surface area (Å²) in [6.07, 6.45) is 2.56. The molecule has 0 radical (unpaired) electrons. The second kappa shape index (κ2) is 5.67. The number of carbonyl (C=O) groups is 1. The Morgan fingerprint density at radius 3 is 2.89 bits per heavy atom. The number of likely N-dealkylation sites (tertiary alicyclic amines) is 1. The lowest BCUT2D eigenvalue weighted by Gasteiger charge is -2.32. The zero-order chi connectivity index (χ0) is 13.1. The molecule has 98 valence electrons. The SMILES string of the molecule is O=C(O)C1CCCCN1Cc1cc(F)cc(Cl)c1. The number of carboxylic acids is 1. The number of aliphatic carboxylic acids is 1. The molecule has 18 heavy (non-hydrogen) atoms. The zero-order valence-corrected chi connectivity index (χ0v) is 10.7. The standard InChI is InChI=1S/C13H15ClFNO2/c14-10-5-9(6-11(15)7-10)8-16-4-2-1-3-12(16)13(17)18/h5-7,12H,1-4,8H2,(H,17,18). The Labute approximate surface area is 110 Å². The Bertz CT molecular complexity index is 432. The fraction of sp³-hybridized carbons (Fsp3) is 0.462. The maximum absolute atomic E-state index is 13.2. The van der Waals surface area contributed by atoms with Gasteiger partial charge in [-0.1, -0.05) is 18.0 Å². The van der Waals surface area contributed by atoms with Gasteiger partial charge in [0.1, 0.15) is 11.9 Å². The van der Waals surface area contributed by atoms with Gasteiger partial charge in [0.25, 0.3) is 0 Å². The van der Waals surface area contributed by atoms with Crippen LogP contribution in [0.2, 0.25) is 5.02 Å². The highest BCUT2D eigenvalue weighted by Gasteiger charge is 2.28. The molecule has 1 aromatic rings. The minimum Gasteiger partial charge on any atom is -0.480 e. The Kier molecular flexibility index (Phi) is 4.19. The van der Waals surface area contributed by atoms with Crippen molar-refractivity contribution in [3.63, 3.8) is 0 Å². The molecule has 1 aromatic carbocycles. The monoisotopic (exact) mass is 271 g/mol. The van der Waals surface area contributed by atoms with Crippen LogP contribution < -0.4 is 0 Å². The van der Waals surface area contributed by atoms with Crippen LogP contribution in [0.5, 0.6) is 0 Å². The number of piperidine rings is 1. The van der Waals surface area contributed by atoms with Gasteiger partial charge in [0.05, 0.1) is 0 Å². The number of nitrogens with zero attached hydrogens (tertiary/aromatic N) is 1. The number of hydrogen-bond donors (Lipinski definition) is 1. The van der Waals surface area contributed by atoms with Gasteiger partial charge in [0, 0.05) is 11.6 Å². The highest BCUT2D eigenvalue weighted by atomic mass is 35.5. The van der Waals surface area contributed by atoms with Gasteiger partial charge in [-0.25, -0.2) is 4.39 Å². The largest absolute Gasteiger partial charge is 0.480 e. The maximum Gasteiger partial charge on any atom is 0.320 e. The van der Waals surface area contributed by atoms with E-state index in [0.717, 1.165) is 19.4 Å². The van der Waals surface area contributed by atoms with E-state index >= 15 is 0 Å². The van der Waals surface area contributed by atoms with Gasteiger partial charge in [0.2, 0.25) is 0 Å². The fourth-order valence-electron chi connectivity index (χ4n) is 2.40. The lowest BCUT2D eigenvalue weighted by Crippen LogP contribution is -2.44. The first-order valence-corrected chi connectivity index (χ1v) is 6.36. The van der Waals surface area contributed by atoms with Crippen molar-refractivity contribution < 1.29 is 14.3 Å². The number of halogens is 2. The van der Waals surface area contributed by atoms with Gasteiger partial charge in [-0.15, -0.1) is 0 Å². The van der Waals surface area contributed by atoms with Gasteiger partial charge in [-0.05, 0) is 43.1 Å². The van der Waals surface area contributed by atoms with Crippen LogP contribution in [0.3, 0.4) is 0 Å². The summed E-state index contributed by atoms with van der Waals surface area (Å²) < 4.78 is 13.2. The number of rotatable bonds is 3. The average Bonchev–Trinajstić information content (AvgIpc) is 2.27. The van der Waals surface area contributed by atoms with Crippen LogP contribution >= 0.6 is 11.6 Å². The van der Waals surface area contributed by atoms with Crippen LogP contribution in [0, 0.1) is 5.82 Å². The van der Waals surface area contributed by atoms with Crippen molar-refractivity contribution in [2.24, 2.45) is 0 Å². The molecule has 0 saturated carbocycles. The fourth-order valence-corrected chi connectivity index (χ4v) is 2.64. The second-order valence-electron chi connectivity index (χ2n) is 4.60. The average molecular weight is 272 g/mol. The molecular formula is C13H15ClFNO2. The molecule has 0 amide bonds. The van der Waals surface area contributed by atoms with E-state index in [1.54, 1.807) is 6.07 Å². The van der Waals surface area contributed by atoms with Gasteiger partial charge in [-0.2, -0.15) is 0 Å². The summed E-state index contributed by atoms with van der Waals surface area (Å²) in [6, 6.07) is 3.86. The number of carboxylic acid groups (broad SMARTS) is 1. The van der Waals surface area contributed by atoms with Crippen LogP contribution in [0.1, 0.15) is 24.8 Å². The topological polar surface area (TPSA) is 40.5 Å². The van der Waals surface area contributed by atoms with E-state index in [9.17, 15) is 9.18 Å². The van der Waals surface area contributed by atoms with Crippen molar-refractivity contribution in [2.45, 2.75) is 31.8 Å². The van der Waals surface area contributed by atoms with Crippen LogP contribution in [-0.2, 0) is 11.3 Å². The van der Waals surface area contributed by atoms with E-state index in [1.807, 2.05) is 4.90 Å². The Morgan fingerprint density at radius 1 is 1.44 bits per heavy atom. The van der Waals surface area contributed by atoms with Crippen LogP contribution in [0.15, 0.2) is 18.2 Å². The summed E-state index contributed by atoms with van der Waals surface area (Å²) in [5.41, 5.74) is 0.716. The van der Waals surface area contributed by atoms with Gasteiger partial charge in [-0.3, -0.25) is 9.69 Å². The zero-order valence-electron chi connectivity index (χ0n) is 9.90. The molecule has 0 aromatic heterocycles. The molecule has 1 fully saturated rings. The molecule has 3 nitrogen and oxygen atoms in total. The molecule has 5 heteroatoms.